The minimum absolute atomic E-state index is 0. The Bertz CT molecular complexity index is 1310. The second kappa shape index (κ2) is 8.70. The first-order chi connectivity index (χ1) is 16.9. The van der Waals surface area contributed by atoms with Gasteiger partial charge >= 0.3 is 0 Å². The van der Waals surface area contributed by atoms with E-state index in [1.807, 2.05) is 0 Å². The second-order valence-corrected chi connectivity index (χ2v) is 8.61. The van der Waals surface area contributed by atoms with Gasteiger partial charge in [0.1, 0.15) is 0 Å². The number of aromatic nitrogens is 2. The molecule has 2 aromatic carbocycles. The van der Waals surface area contributed by atoms with Crippen LogP contribution in [-0.2, 0) is 25.9 Å². The first kappa shape index (κ1) is 15.5. The van der Waals surface area contributed by atoms with Gasteiger partial charge in [0.2, 0.25) is 0 Å². The summed E-state index contributed by atoms with van der Waals surface area (Å²) in [4.78, 5) is 9.96. The lowest BCUT2D eigenvalue weighted by Gasteiger charge is -2.22. The summed E-state index contributed by atoms with van der Waals surface area (Å²) in [6.45, 7) is 2.33. The van der Waals surface area contributed by atoms with Crippen molar-refractivity contribution in [3.63, 3.8) is 0 Å². The lowest BCUT2D eigenvalue weighted by molar-refractivity contribution is 0.313. The Hall–Kier alpha value is -2.27. The number of nitrogens with zero attached hydrogens (tertiary/aromatic N) is 2. The number of benzene rings is 2. The molecule has 0 atom stereocenters. The molecule has 0 spiro atoms. The number of H-pyrrole nitrogens is 2. The molecule has 0 saturated carbocycles. The molecule has 6 rings (SSSR count). The van der Waals surface area contributed by atoms with E-state index >= 15 is 0 Å². The molecule has 0 fully saturated rings. The molecule has 0 aliphatic carbocycles. The van der Waals surface area contributed by atoms with Gasteiger partial charge in [0.15, 0.2) is 0 Å². The number of aryl methyl sites for hydroxylation is 2. The van der Waals surface area contributed by atoms with Crippen LogP contribution in [0.4, 0.5) is 0 Å². The van der Waals surface area contributed by atoms with Crippen molar-refractivity contribution in [3.8, 4) is 0 Å². The van der Waals surface area contributed by atoms with Crippen LogP contribution in [0.25, 0.3) is 21.8 Å². The lowest BCUT2D eigenvalue weighted by Crippen LogP contribution is -2.25. The maximum Gasteiger partial charge on any atom is 0.0459 e. The number of aromatic amines is 2. The molecule has 4 aromatic rings. The summed E-state index contributed by atoms with van der Waals surface area (Å²) in [7, 11) is 0. The summed E-state index contributed by atoms with van der Waals surface area (Å²) in [5.74, 6) is 0. The number of fused-ring (bicyclic) bond motifs is 6. The van der Waals surface area contributed by atoms with Crippen LogP contribution in [0, 0.1) is 13.8 Å². The van der Waals surface area contributed by atoms with Crippen LogP contribution < -0.4 is 0 Å². The fraction of sp³-hybridized carbons (Fsp3) is 0.385. The number of likely N-dealkylation sites (N-methyl/N-ethyl adjacent to an activating group) is 2. The molecule has 0 bridgehead atoms. The van der Waals surface area contributed by atoms with Gasteiger partial charge in [-0.3, -0.25) is 0 Å². The fourth-order valence-corrected chi connectivity index (χ4v) is 4.66. The average molecular weight is 443 g/mol. The molecule has 2 aliphatic rings. The number of nitrogens with one attached hydrogen (secondary N) is 2. The van der Waals surface area contributed by atoms with E-state index in [1.54, 1.807) is 9.80 Å². The summed E-state index contributed by atoms with van der Waals surface area (Å²) in [6.07, 6.45) is 1.56. The van der Waals surface area contributed by atoms with Gasteiger partial charge in [-0.25, -0.2) is 0 Å². The smallest absolute Gasteiger partial charge is 0.0459 e. The molecule has 164 valence electrons. The molecule has 0 saturated heterocycles. The van der Waals surface area contributed by atoms with Crippen LogP contribution in [0.1, 0.15) is 41.9 Å². The second-order valence-electron chi connectivity index (χ2n) is 8.61. The molecule has 2 N–H and O–H groups in total. The van der Waals surface area contributed by atoms with Crippen molar-refractivity contribution in [2.24, 2.45) is 0 Å². The maximum absolute atomic E-state index is 7.52. The predicted octanol–water partition coefficient (Wildman–Crippen LogP) is 5.35. The van der Waals surface area contributed by atoms with E-state index in [1.165, 1.54) is 33.3 Å². The summed E-state index contributed by atoms with van der Waals surface area (Å²) >= 11 is 0. The highest BCUT2D eigenvalue weighted by atomic mass is 35.5. The minimum atomic E-state index is -1.99. The van der Waals surface area contributed by atoms with E-state index in [0.29, 0.717) is 26.2 Å². The molecule has 2 aromatic heterocycles. The molecule has 0 radical (unpaired) electrons. The first-order valence-electron chi connectivity index (χ1n) is 13.6. The minimum Gasteiger partial charge on any atom is -0.358 e. The number of rotatable bonds is 0. The van der Waals surface area contributed by atoms with Crippen molar-refractivity contribution >= 4 is 34.2 Å². The van der Waals surface area contributed by atoms with Crippen LogP contribution in [0.15, 0.2) is 36.4 Å². The van der Waals surface area contributed by atoms with Gasteiger partial charge in [0, 0.05) is 80.4 Å². The van der Waals surface area contributed by atoms with Gasteiger partial charge in [0.25, 0.3) is 0 Å². The lowest BCUT2D eigenvalue weighted by atomic mass is 10.0. The van der Waals surface area contributed by atoms with E-state index in [4.69, 9.17) is 8.22 Å². The van der Waals surface area contributed by atoms with Gasteiger partial charge < -0.3 is 19.8 Å². The predicted molar refractivity (Wildman–Crippen MR) is 133 cm³/mol. The first-order valence-corrected chi connectivity index (χ1v) is 10.6. The third-order valence-electron chi connectivity index (χ3n) is 6.26. The van der Waals surface area contributed by atoms with Gasteiger partial charge in [-0.05, 0) is 63.2 Å². The zero-order chi connectivity index (χ0) is 25.8. The topological polar surface area (TPSA) is 38.1 Å². The summed E-state index contributed by atoms with van der Waals surface area (Å²) in [6, 6.07) is 12.6. The molecule has 2 aliphatic heterocycles. The highest BCUT2D eigenvalue weighted by molar-refractivity contribution is 5.86. The largest absolute Gasteiger partial charge is 0.358 e. The standard InChI is InChI=1S/2C13H16N2.ClH/c2*1-9-3-4-12-10(7-9)11-8-15(2)6-5-13(11)14-12;/h2*3-4,7,14H,5-6,8H2,1-2H3;1H/i2*2D3;. The zero-order valence-corrected chi connectivity index (χ0v) is 18.8. The molecule has 4 heterocycles. The third kappa shape index (κ3) is 4.25. The molecule has 4 nitrogen and oxygen atoms in total. The molecule has 0 unspecified atom stereocenters. The Balaban J connectivity index is 0.000000168. The summed E-state index contributed by atoms with van der Waals surface area (Å²) in [5, 5.41) is 2.33. The highest BCUT2D eigenvalue weighted by Gasteiger charge is 2.19. The van der Waals surface area contributed by atoms with Crippen LogP contribution in [0.3, 0.4) is 0 Å². The number of hydrogen-bond acceptors (Lipinski definition) is 2. The van der Waals surface area contributed by atoms with Crippen LogP contribution in [-0.4, -0.2) is 46.8 Å². The quantitative estimate of drug-likeness (QED) is 0.385. The Morgan fingerprint density at radius 2 is 1.19 bits per heavy atom. The zero-order valence-electron chi connectivity index (χ0n) is 24.0. The molecular weight excluding hydrogens is 404 g/mol. The average Bonchev–Trinajstić information content (AvgIpc) is 3.35. The van der Waals surface area contributed by atoms with Gasteiger partial charge in [-0.15, -0.1) is 12.4 Å². The SMILES string of the molecule is Cl.[2H]C([2H])([2H])N1CCc2[nH]c3ccc(C)cc3c2C1.[2H]C([2H])([2H])N1CCc2[nH]c3ccc(C)cc3c2C1. The van der Waals surface area contributed by atoms with Crippen LogP contribution in [0.5, 0.6) is 0 Å². The molecular formula is C26H33ClN4. The Morgan fingerprint density at radius 1 is 0.742 bits per heavy atom. The molecule has 5 heteroatoms. The van der Waals surface area contributed by atoms with Crippen molar-refractivity contribution in [1.82, 2.24) is 19.8 Å². The molecule has 31 heavy (non-hydrogen) atoms. The van der Waals surface area contributed by atoms with Crippen molar-refractivity contribution in [2.75, 3.05) is 27.0 Å². The fourth-order valence-electron chi connectivity index (χ4n) is 4.66. The normalized spacial score (nSPS) is 20.1. The monoisotopic (exact) mass is 442 g/mol. The van der Waals surface area contributed by atoms with E-state index < -0.39 is 14.0 Å². The van der Waals surface area contributed by atoms with E-state index in [0.717, 1.165) is 35.0 Å². The Labute approximate surface area is 199 Å². The molecule has 0 amide bonds. The number of hydrogen-bond donors (Lipinski definition) is 2. The summed E-state index contributed by atoms with van der Waals surface area (Å²) < 4.78 is 45.1. The van der Waals surface area contributed by atoms with E-state index in [9.17, 15) is 0 Å². The van der Waals surface area contributed by atoms with Crippen LogP contribution >= 0.6 is 12.4 Å². The van der Waals surface area contributed by atoms with E-state index in [-0.39, 0.29) is 12.4 Å². The van der Waals surface area contributed by atoms with Crippen LogP contribution in [0.2, 0.25) is 0 Å². The maximum atomic E-state index is 7.52. The Morgan fingerprint density at radius 3 is 1.61 bits per heavy atom. The van der Waals surface area contributed by atoms with Gasteiger partial charge in [0.05, 0.1) is 0 Å². The van der Waals surface area contributed by atoms with Gasteiger partial charge in [-0.1, -0.05) is 23.3 Å². The van der Waals surface area contributed by atoms with E-state index in [2.05, 4.69) is 60.2 Å². The highest BCUT2D eigenvalue weighted by Crippen LogP contribution is 2.28. The van der Waals surface area contributed by atoms with Crippen molar-refractivity contribution in [2.45, 2.75) is 39.8 Å². The van der Waals surface area contributed by atoms with Crippen molar-refractivity contribution in [1.29, 1.82) is 0 Å². The van der Waals surface area contributed by atoms with Gasteiger partial charge in [-0.2, -0.15) is 0 Å². The van der Waals surface area contributed by atoms with Crippen molar-refractivity contribution in [3.05, 3.63) is 70.0 Å². The van der Waals surface area contributed by atoms with Crippen molar-refractivity contribution < 1.29 is 8.22 Å². The Kier molecular flexibility index (Phi) is 4.35. The third-order valence-corrected chi connectivity index (χ3v) is 6.26. The number of halogens is 1. The summed E-state index contributed by atoms with van der Waals surface area (Å²) in [5.41, 5.74) is 9.31.